The smallest absolute Gasteiger partial charge is 0.243 e. The highest BCUT2D eigenvalue weighted by molar-refractivity contribution is 5.96. The second kappa shape index (κ2) is 20.0. The van der Waals surface area contributed by atoms with E-state index in [-0.39, 0.29) is 43.9 Å². The maximum absolute atomic E-state index is 14.1. The van der Waals surface area contributed by atoms with E-state index in [1.807, 2.05) is 48.5 Å². The van der Waals surface area contributed by atoms with Crippen LogP contribution < -0.4 is 38.1 Å². The van der Waals surface area contributed by atoms with Crippen molar-refractivity contribution in [3.05, 3.63) is 114 Å². The van der Waals surface area contributed by atoms with Gasteiger partial charge in [-0.1, -0.05) is 84.9 Å². The van der Waals surface area contributed by atoms with E-state index < -0.39 is 53.7 Å². The Kier molecular flexibility index (Phi) is 14.9. The van der Waals surface area contributed by atoms with E-state index >= 15 is 0 Å². The van der Waals surface area contributed by atoms with Crippen LogP contribution in [0.5, 0.6) is 5.75 Å². The molecule has 0 heterocycles. The molecule has 5 amide bonds. The third-order valence-corrected chi connectivity index (χ3v) is 8.70. The monoisotopic (exact) mass is 736 g/mol. The predicted molar refractivity (Wildman–Crippen MR) is 207 cm³/mol. The number of aliphatic imine (C=N–C) groups is 1. The fourth-order valence-corrected chi connectivity index (χ4v) is 5.96. The zero-order valence-electron chi connectivity index (χ0n) is 30.4. The van der Waals surface area contributed by atoms with E-state index in [4.69, 9.17) is 11.5 Å². The van der Waals surface area contributed by atoms with Crippen molar-refractivity contribution in [3.8, 4) is 5.75 Å². The van der Waals surface area contributed by atoms with Crippen LogP contribution in [-0.2, 0) is 43.2 Å². The molecule has 0 saturated carbocycles. The highest BCUT2D eigenvalue weighted by Crippen LogP contribution is 2.17. The molecule has 4 aromatic rings. The summed E-state index contributed by atoms with van der Waals surface area (Å²) < 4.78 is 0. The van der Waals surface area contributed by atoms with Gasteiger partial charge in [0.15, 0.2) is 5.96 Å². The van der Waals surface area contributed by atoms with E-state index in [1.54, 1.807) is 36.4 Å². The molecule has 0 aromatic heterocycles. The summed E-state index contributed by atoms with van der Waals surface area (Å²) in [7, 11) is 1.48. The SMILES string of the molecule is CNC(=O)[C@H](Cc1ccc2ccccc2c1)NC(=O)[C@H](CCCN=C(N)N)NC(=O)[C@@H](Cc1ccccc1)NC(=O)[C@H](Cc1ccc(O)cc1)NC(C)=O. The van der Waals surface area contributed by atoms with Gasteiger partial charge in [-0.25, -0.2) is 0 Å². The summed E-state index contributed by atoms with van der Waals surface area (Å²) in [5.74, 6) is -2.85. The van der Waals surface area contributed by atoms with Crippen molar-refractivity contribution in [1.29, 1.82) is 0 Å². The Hall–Kier alpha value is -6.44. The molecule has 0 unspecified atom stereocenters. The number of nitrogens with one attached hydrogen (secondary N) is 5. The van der Waals surface area contributed by atoms with Gasteiger partial charge in [0.2, 0.25) is 29.5 Å². The second-order valence-corrected chi connectivity index (χ2v) is 12.9. The quantitative estimate of drug-likeness (QED) is 0.0421. The number of aromatic hydroxyl groups is 1. The van der Waals surface area contributed by atoms with Crippen molar-refractivity contribution in [1.82, 2.24) is 26.6 Å². The second-order valence-electron chi connectivity index (χ2n) is 12.9. The maximum Gasteiger partial charge on any atom is 0.243 e. The lowest BCUT2D eigenvalue weighted by molar-refractivity contribution is -0.134. The number of hydrogen-bond donors (Lipinski definition) is 8. The predicted octanol–water partition coefficient (Wildman–Crippen LogP) is 1.33. The lowest BCUT2D eigenvalue weighted by Crippen LogP contribution is -2.59. The fourth-order valence-electron chi connectivity index (χ4n) is 5.96. The van der Waals surface area contributed by atoms with Crippen LogP contribution in [0.1, 0.15) is 36.5 Å². The Morgan fingerprint density at radius 1 is 0.611 bits per heavy atom. The van der Waals surface area contributed by atoms with Gasteiger partial charge >= 0.3 is 0 Å². The molecule has 0 fully saturated rings. The highest BCUT2D eigenvalue weighted by Gasteiger charge is 2.31. The van der Waals surface area contributed by atoms with Gasteiger partial charge in [0.1, 0.15) is 29.9 Å². The molecule has 0 radical (unpaired) electrons. The van der Waals surface area contributed by atoms with Gasteiger partial charge in [0.25, 0.3) is 0 Å². The topological polar surface area (TPSA) is 230 Å². The Labute approximate surface area is 314 Å². The number of fused-ring (bicyclic) bond motifs is 1. The molecular formula is C40H48N8O6. The zero-order chi connectivity index (χ0) is 39.0. The number of amides is 5. The molecule has 4 atom stereocenters. The van der Waals surface area contributed by atoms with Crippen molar-refractivity contribution < 1.29 is 29.1 Å². The number of phenols is 1. The van der Waals surface area contributed by atoms with Gasteiger partial charge in [-0.05, 0) is 52.4 Å². The van der Waals surface area contributed by atoms with Crippen LogP contribution in [0.15, 0.2) is 102 Å². The van der Waals surface area contributed by atoms with Gasteiger partial charge in [-0.2, -0.15) is 0 Å². The summed E-state index contributed by atoms with van der Waals surface area (Å²) in [5, 5.41) is 25.4. The minimum Gasteiger partial charge on any atom is -0.508 e. The highest BCUT2D eigenvalue weighted by atomic mass is 16.3. The number of rotatable bonds is 18. The molecule has 0 bridgehead atoms. The minimum absolute atomic E-state index is 0.0473. The molecule has 0 spiro atoms. The zero-order valence-corrected chi connectivity index (χ0v) is 30.4. The molecule has 54 heavy (non-hydrogen) atoms. The molecular weight excluding hydrogens is 688 g/mol. The molecule has 284 valence electrons. The van der Waals surface area contributed by atoms with Crippen LogP contribution in [0.2, 0.25) is 0 Å². The first-order valence-corrected chi connectivity index (χ1v) is 17.7. The third-order valence-electron chi connectivity index (χ3n) is 8.70. The molecule has 0 aliphatic carbocycles. The third kappa shape index (κ3) is 12.7. The molecule has 14 nitrogen and oxygen atoms in total. The van der Waals surface area contributed by atoms with Crippen LogP contribution in [0.4, 0.5) is 0 Å². The standard InChI is InChI=1S/C40H48N8O6/c1-25(49)45-34(23-27-15-18-31(50)19-16-27)38(53)48-35(22-26-9-4-3-5-10-26)39(54)46-32(13-8-20-44-40(41)42)37(52)47-33(36(51)43-2)24-28-14-17-29-11-6-7-12-30(29)21-28/h3-7,9-12,14-19,21,32-35,50H,8,13,20,22-24H2,1-2H3,(H,43,51)(H,45,49)(H,46,54)(H,47,52)(H,48,53)(H4,41,42,44)/t32-,33-,34-,35+/m0/s1. The van der Waals surface area contributed by atoms with Crippen molar-refractivity contribution >= 4 is 46.3 Å². The van der Waals surface area contributed by atoms with E-state index in [9.17, 15) is 29.1 Å². The Balaban J connectivity index is 1.57. The van der Waals surface area contributed by atoms with Gasteiger partial charge in [-0.3, -0.25) is 29.0 Å². The largest absolute Gasteiger partial charge is 0.508 e. The normalized spacial score (nSPS) is 13.0. The number of likely N-dealkylation sites (N-methyl/N-ethyl adjacent to an activating group) is 1. The summed E-state index contributed by atoms with van der Waals surface area (Å²) in [6.45, 7) is 1.46. The summed E-state index contributed by atoms with van der Waals surface area (Å²) in [6.07, 6.45) is 0.739. The van der Waals surface area contributed by atoms with Crippen LogP contribution in [0, 0.1) is 0 Å². The Morgan fingerprint density at radius 3 is 1.72 bits per heavy atom. The number of phenolic OH excluding ortho intramolecular Hbond substituents is 1. The van der Waals surface area contributed by atoms with Crippen molar-refractivity contribution in [2.24, 2.45) is 16.5 Å². The van der Waals surface area contributed by atoms with Crippen LogP contribution >= 0.6 is 0 Å². The first-order chi connectivity index (χ1) is 25.9. The molecule has 0 aliphatic rings. The van der Waals surface area contributed by atoms with E-state index in [0.29, 0.717) is 12.0 Å². The van der Waals surface area contributed by atoms with Gasteiger partial charge < -0.3 is 43.2 Å². The molecule has 0 saturated heterocycles. The molecule has 0 aliphatic heterocycles. The maximum atomic E-state index is 14.1. The summed E-state index contributed by atoms with van der Waals surface area (Å²) in [6, 6.07) is 24.5. The van der Waals surface area contributed by atoms with Gasteiger partial charge in [0, 0.05) is 39.8 Å². The lowest BCUT2D eigenvalue weighted by Gasteiger charge is -2.26. The minimum atomic E-state index is -1.17. The van der Waals surface area contributed by atoms with Crippen LogP contribution in [0.25, 0.3) is 10.8 Å². The van der Waals surface area contributed by atoms with Crippen molar-refractivity contribution in [2.45, 2.75) is 63.2 Å². The van der Waals surface area contributed by atoms with Gasteiger partial charge in [-0.15, -0.1) is 0 Å². The summed E-state index contributed by atoms with van der Waals surface area (Å²) in [5.41, 5.74) is 13.2. The molecule has 10 N–H and O–H groups in total. The van der Waals surface area contributed by atoms with Crippen molar-refractivity contribution in [3.63, 3.8) is 0 Å². The number of carbonyl (C=O) groups excluding carboxylic acids is 5. The first-order valence-electron chi connectivity index (χ1n) is 17.7. The summed E-state index contributed by atoms with van der Waals surface area (Å²) in [4.78, 5) is 71.0. The average Bonchev–Trinajstić information content (AvgIpc) is 3.15. The number of nitrogens with zero attached hydrogens (tertiary/aromatic N) is 1. The Morgan fingerprint density at radius 2 is 1.11 bits per heavy atom. The first kappa shape index (κ1) is 40.3. The van der Waals surface area contributed by atoms with Crippen LogP contribution in [0.3, 0.4) is 0 Å². The van der Waals surface area contributed by atoms with E-state index in [0.717, 1.165) is 21.9 Å². The van der Waals surface area contributed by atoms with Crippen molar-refractivity contribution in [2.75, 3.05) is 13.6 Å². The van der Waals surface area contributed by atoms with Crippen LogP contribution in [-0.4, -0.2) is 78.4 Å². The summed E-state index contributed by atoms with van der Waals surface area (Å²) >= 11 is 0. The number of guanidine groups is 1. The number of nitrogens with two attached hydrogens (primary N) is 2. The lowest BCUT2D eigenvalue weighted by atomic mass is 10.00. The molecule has 14 heteroatoms. The average molecular weight is 737 g/mol. The van der Waals surface area contributed by atoms with Gasteiger partial charge in [0.05, 0.1) is 0 Å². The number of benzene rings is 4. The number of carbonyl (C=O) groups is 5. The Bertz CT molecular complexity index is 1930. The molecule has 4 rings (SSSR count). The van der Waals surface area contributed by atoms with E-state index in [1.165, 1.54) is 26.1 Å². The fraction of sp³-hybridized carbons (Fsp3) is 0.300. The number of hydrogen-bond acceptors (Lipinski definition) is 7. The van der Waals surface area contributed by atoms with E-state index in [2.05, 4.69) is 31.6 Å². The molecule has 4 aromatic carbocycles.